The molecule has 1 nitrogen and oxygen atoms in total. The van der Waals surface area contributed by atoms with Crippen molar-refractivity contribution in [2.75, 3.05) is 19.0 Å². The summed E-state index contributed by atoms with van der Waals surface area (Å²) in [5.74, 6) is 0. The Hall–Kier alpha value is -0.710. The van der Waals surface area contributed by atoms with E-state index < -0.39 is 11.7 Å². The second kappa shape index (κ2) is 3.81. The third kappa shape index (κ3) is 2.41. The lowest BCUT2D eigenvalue weighted by Crippen LogP contribution is -2.11. The van der Waals surface area contributed by atoms with E-state index in [4.69, 9.17) is 0 Å². The highest BCUT2D eigenvalue weighted by Crippen LogP contribution is 2.36. The van der Waals surface area contributed by atoms with Crippen LogP contribution in [-0.2, 0) is 6.18 Å². The van der Waals surface area contributed by atoms with Crippen LogP contribution in [0.15, 0.2) is 22.7 Å². The minimum absolute atomic E-state index is 0.0659. The largest absolute Gasteiger partial charge is 0.417 e. The maximum Gasteiger partial charge on any atom is 0.417 e. The van der Waals surface area contributed by atoms with Crippen LogP contribution in [0, 0.1) is 0 Å². The van der Waals surface area contributed by atoms with Gasteiger partial charge in [0, 0.05) is 24.3 Å². The van der Waals surface area contributed by atoms with Crippen molar-refractivity contribution < 1.29 is 13.2 Å². The number of hydrogen-bond acceptors (Lipinski definition) is 1. The minimum atomic E-state index is -4.30. The van der Waals surface area contributed by atoms with Gasteiger partial charge in [0.15, 0.2) is 0 Å². The van der Waals surface area contributed by atoms with Gasteiger partial charge in [0.25, 0.3) is 0 Å². The number of nitrogens with zero attached hydrogens (tertiary/aromatic N) is 1. The number of anilines is 1. The van der Waals surface area contributed by atoms with Crippen LogP contribution < -0.4 is 4.90 Å². The van der Waals surface area contributed by atoms with E-state index in [0.29, 0.717) is 0 Å². The molecule has 0 N–H and O–H groups in total. The normalized spacial score (nSPS) is 11.6. The molecule has 0 aliphatic rings. The van der Waals surface area contributed by atoms with Crippen molar-refractivity contribution in [2.24, 2.45) is 0 Å². The summed E-state index contributed by atoms with van der Waals surface area (Å²) in [6.07, 6.45) is -4.30. The molecule has 1 aromatic carbocycles. The molecule has 1 rings (SSSR count). The molecule has 0 spiro atoms. The summed E-state index contributed by atoms with van der Waals surface area (Å²) in [5, 5.41) is 0. The molecule has 0 aromatic heterocycles. The Kier molecular flexibility index (Phi) is 3.09. The second-order valence-corrected chi connectivity index (χ2v) is 3.91. The first-order chi connectivity index (χ1) is 6.32. The molecular weight excluding hydrogens is 259 g/mol. The fourth-order valence-corrected chi connectivity index (χ4v) is 1.60. The molecular formula is C9H9BrF3N. The smallest absolute Gasteiger partial charge is 0.378 e. The lowest BCUT2D eigenvalue weighted by atomic mass is 10.2. The Morgan fingerprint density at radius 1 is 1.21 bits per heavy atom. The first-order valence-electron chi connectivity index (χ1n) is 3.86. The SMILES string of the molecule is CN(C)c1ccc(C(F)(F)F)c(Br)c1. The zero-order chi connectivity index (χ0) is 10.9. The van der Waals surface area contributed by atoms with Gasteiger partial charge in [-0.05, 0) is 18.2 Å². The fourth-order valence-electron chi connectivity index (χ4n) is 1.01. The summed E-state index contributed by atoms with van der Waals surface area (Å²) in [7, 11) is 3.55. The molecule has 0 saturated carbocycles. The van der Waals surface area contributed by atoms with Crippen LogP contribution in [0.25, 0.3) is 0 Å². The monoisotopic (exact) mass is 267 g/mol. The van der Waals surface area contributed by atoms with Crippen molar-refractivity contribution in [3.63, 3.8) is 0 Å². The van der Waals surface area contributed by atoms with Gasteiger partial charge >= 0.3 is 6.18 Å². The lowest BCUT2D eigenvalue weighted by Gasteiger charge is -2.15. The van der Waals surface area contributed by atoms with Crippen LogP contribution in [-0.4, -0.2) is 14.1 Å². The van der Waals surface area contributed by atoms with Crippen molar-refractivity contribution in [3.05, 3.63) is 28.2 Å². The van der Waals surface area contributed by atoms with Gasteiger partial charge in [0.1, 0.15) is 0 Å². The molecule has 0 aliphatic carbocycles. The average molecular weight is 268 g/mol. The molecule has 0 atom stereocenters. The summed E-state index contributed by atoms with van der Waals surface area (Å²) in [6, 6.07) is 3.95. The van der Waals surface area contributed by atoms with Crippen LogP contribution in [0.5, 0.6) is 0 Å². The topological polar surface area (TPSA) is 3.24 Å². The maximum atomic E-state index is 12.3. The second-order valence-electron chi connectivity index (χ2n) is 3.06. The minimum Gasteiger partial charge on any atom is -0.378 e. The van der Waals surface area contributed by atoms with Crippen LogP contribution >= 0.6 is 15.9 Å². The molecule has 0 amide bonds. The van der Waals surface area contributed by atoms with Crippen LogP contribution in [0.4, 0.5) is 18.9 Å². The Balaban J connectivity index is 3.15. The Morgan fingerprint density at radius 2 is 1.79 bits per heavy atom. The van der Waals surface area contributed by atoms with E-state index in [9.17, 15) is 13.2 Å². The maximum absolute atomic E-state index is 12.3. The van der Waals surface area contributed by atoms with Gasteiger partial charge in [-0.3, -0.25) is 0 Å². The number of halogens is 4. The molecule has 0 aliphatic heterocycles. The van der Waals surface area contributed by atoms with Gasteiger partial charge < -0.3 is 4.90 Å². The molecule has 0 bridgehead atoms. The summed E-state index contributed by atoms with van der Waals surface area (Å²) >= 11 is 2.90. The molecule has 1 aromatic rings. The van der Waals surface area contributed by atoms with Crippen LogP contribution in [0.2, 0.25) is 0 Å². The van der Waals surface area contributed by atoms with Crippen LogP contribution in [0.1, 0.15) is 5.56 Å². The molecule has 14 heavy (non-hydrogen) atoms. The van der Waals surface area contributed by atoms with E-state index in [1.165, 1.54) is 12.1 Å². The van der Waals surface area contributed by atoms with Crippen molar-refractivity contribution in [3.8, 4) is 0 Å². The van der Waals surface area contributed by atoms with Gasteiger partial charge in [0.2, 0.25) is 0 Å². The Labute approximate surface area is 88.7 Å². The summed E-state index contributed by atoms with van der Waals surface area (Å²) in [6.45, 7) is 0. The van der Waals surface area contributed by atoms with E-state index in [0.717, 1.165) is 11.8 Å². The van der Waals surface area contributed by atoms with Crippen molar-refractivity contribution in [2.45, 2.75) is 6.18 Å². The van der Waals surface area contributed by atoms with Crippen molar-refractivity contribution >= 4 is 21.6 Å². The van der Waals surface area contributed by atoms with E-state index in [2.05, 4.69) is 15.9 Å². The number of rotatable bonds is 1. The van der Waals surface area contributed by atoms with E-state index >= 15 is 0 Å². The highest BCUT2D eigenvalue weighted by molar-refractivity contribution is 9.10. The lowest BCUT2D eigenvalue weighted by molar-refractivity contribution is -0.138. The first-order valence-corrected chi connectivity index (χ1v) is 4.65. The van der Waals surface area contributed by atoms with E-state index in [1.54, 1.807) is 19.0 Å². The summed E-state index contributed by atoms with van der Waals surface area (Å²) < 4.78 is 37.1. The van der Waals surface area contributed by atoms with Gasteiger partial charge in [-0.25, -0.2) is 0 Å². The Morgan fingerprint density at radius 3 is 2.14 bits per heavy atom. The van der Waals surface area contributed by atoms with E-state index in [1.807, 2.05) is 0 Å². The predicted molar refractivity (Wildman–Crippen MR) is 53.5 cm³/mol. The first kappa shape index (κ1) is 11.4. The zero-order valence-corrected chi connectivity index (χ0v) is 9.28. The van der Waals surface area contributed by atoms with Gasteiger partial charge in [-0.15, -0.1) is 0 Å². The number of alkyl halides is 3. The average Bonchev–Trinajstić information content (AvgIpc) is 2.01. The van der Waals surface area contributed by atoms with Crippen molar-refractivity contribution in [1.82, 2.24) is 0 Å². The van der Waals surface area contributed by atoms with Gasteiger partial charge in [0.05, 0.1) is 5.56 Å². The molecule has 78 valence electrons. The number of hydrogen-bond donors (Lipinski definition) is 0. The third-order valence-corrected chi connectivity index (χ3v) is 2.43. The highest BCUT2D eigenvalue weighted by Gasteiger charge is 2.32. The standard InChI is InChI=1S/C9H9BrF3N/c1-14(2)6-3-4-7(8(10)5-6)9(11,12)13/h3-5H,1-2H3. The molecule has 0 radical (unpaired) electrons. The zero-order valence-electron chi connectivity index (χ0n) is 7.69. The summed E-state index contributed by atoms with van der Waals surface area (Å²) in [4.78, 5) is 1.74. The molecule has 0 fully saturated rings. The third-order valence-electron chi connectivity index (χ3n) is 1.77. The van der Waals surface area contributed by atoms with Gasteiger partial charge in [-0.1, -0.05) is 15.9 Å². The summed E-state index contributed by atoms with van der Waals surface area (Å²) in [5.41, 5.74) is 0.0768. The Bertz CT molecular complexity index is 333. The van der Waals surface area contributed by atoms with Gasteiger partial charge in [-0.2, -0.15) is 13.2 Å². The molecule has 0 heterocycles. The molecule has 0 saturated heterocycles. The molecule has 0 unspecified atom stereocenters. The highest BCUT2D eigenvalue weighted by atomic mass is 79.9. The van der Waals surface area contributed by atoms with Crippen molar-refractivity contribution in [1.29, 1.82) is 0 Å². The van der Waals surface area contributed by atoms with E-state index in [-0.39, 0.29) is 4.47 Å². The quantitative estimate of drug-likeness (QED) is 0.753. The predicted octanol–water partition coefficient (Wildman–Crippen LogP) is 3.53. The molecule has 5 heteroatoms. The van der Waals surface area contributed by atoms with Crippen LogP contribution in [0.3, 0.4) is 0 Å². The fraction of sp³-hybridized carbons (Fsp3) is 0.333. The number of benzene rings is 1.